The van der Waals surface area contributed by atoms with Crippen molar-refractivity contribution in [2.45, 2.75) is 50.0 Å². The van der Waals surface area contributed by atoms with Crippen molar-refractivity contribution in [2.24, 2.45) is 0 Å². The van der Waals surface area contributed by atoms with E-state index in [-0.39, 0.29) is 0 Å². The van der Waals surface area contributed by atoms with Crippen LogP contribution in [0.15, 0.2) is 23.1 Å². The topological polar surface area (TPSA) is 21.3 Å². The van der Waals surface area contributed by atoms with Gasteiger partial charge < -0.3 is 10.1 Å². The fourth-order valence-corrected chi connectivity index (χ4v) is 3.47. The van der Waals surface area contributed by atoms with Crippen LogP contribution in [0.3, 0.4) is 0 Å². The van der Waals surface area contributed by atoms with Gasteiger partial charge in [-0.05, 0) is 50.1 Å². The first kappa shape index (κ1) is 13.9. The Morgan fingerprint density at radius 3 is 2.89 bits per heavy atom. The van der Waals surface area contributed by atoms with Crippen LogP contribution in [0.5, 0.6) is 0 Å². The molecule has 2 unspecified atom stereocenters. The molecule has 100 valence electrons. The SMILES string of the molecule is CCNCc1ccc(SC2CCOC2C)cc1C. The van der Waals surface area contributed by atoms with E-state index in [9.17, 15) is 0 Å². The van der Waals surface area contributed by atoms with E-state index in [0.717, 1.165) is 19.7 Å². The summed E-state index contributed by atoms with van der Waals surface area (Å²) < 4.78 is 5.61. The molecule has 1 aliphatic heterocycles. The second-order valence-electron chi connectivity index (χ2n) is 4.89. The van der Waals surface area contributed by atoms with Gasteiger partial charge in [0.15, 0.2) is 0 Å². The van der Waals surface area contributed by atoms with Gasteiger partial charge in [-0.25, -0.2) is 0 Å². The lowest BCUT2D eigenvalue weighted by Crippen LogP contribution is -2.14. The molecule has 1 aromatic carbocycles. The number of nitrogens with one attached hydrogen (secondary N) is 1. The van der Waals surface area contributed by atoms with Gasteiger partial charge in [0.1, 0.15) is 0 Å². The summed E-state index contributed by atoms with van der Waals surface area (Å²) in [6, 6.07) is 6.80. The van der Waals surface area contributed by atoms with Crippen LogP contribution >= 0.6 is 11.8 Å². The van der Waals surface area contributed by atoms with Crippen molar-refractivity contribution in [1.82, 2.24) is 5.32 Å². The number of rotatable bonds is 5. The second-order valence-corrected chi connectivity index (χ2v) is 6.20. The maximum Gasteiger partial charge on any atom is 0.0669 e. The van der Waals surface area contributed by atoms with Crippen molar-refractivity contribution in [1.29, 1.82) is 0 Å². The van der Waals surface area contributed by atoms with Gasteiger partial charge in [0.05, 0.1) is 6.10 Å². The van der Waals surface area contributed by atoms with E-state index in [1.54, 1.807) is 0 Å². The van der Waals surface area contributed by atoms with Crippen LogP contribution in [0.2, 0.25) is 0 Å². The normalized spacial score (nSPS) is 23.5. The van der Waals surface area contributed by atoms with Crippen molar-refractivity contribution in [2.75, 3.05) is 13.2 Å². The molecule has 1 fully saturated rings. The maximum atomic E-state index is 5.61. The molecule has 0 bridgehead atoms. The number of benzene rings is 1. The molecule has 0 aliphatic carbocycles. The summed E-state index contributed by atoms with van der Waals surface area (Å²) in [5.74, 6) is 0. The molecule has 1 aromatic rings. The lowest BCUT2D eigenvalue weighted by atomic mass is 10.1. The molecule has 1 heterocycles. The molecule has 2 atom stereocenters. The van der Waals surface area contributed by atoms with Crippen molar-refractivity contribution in [3.63, 3.8) is 0 Å². The Balaban J connectivity index is 1.99. The summed E-state index contributed by atoms with van der Waals surface area (Å²) in [5.41, 5.74) is 2.78. The van der Waals surface area contributed by atoms with Gasteiger partial charge in [-0.1, -0.05) is 13.0 Å². The van der Waals surface area contributed by atoms with Gasteiger partial charge in [0.2, 0.25) is 0 Å². The summed E-state index contributed by atoms with van der Waals surface area (Å²) in [4.78, 5) is 1.37. The highest BCUT2D eigenvalue weighted by Gasteiger charge is 2.25. The highest BCUT2D eigenvalue weighted by molar-refractivity contribution is 8.00. The average molecular weight is 265 g/mol. The molecule has 1 aliphatic rings. The third kappa shape index (κ3) is 3.50. The minimum absolute atomic E-state index is 0.386. The summed E-state index contributed by atoms with van der Waals surface area (Å²) in [6.07, 6.45) is 1.56. The fourth-order valence-electron chi connectivity index (χ4n) is 2.24. The molecular weight excluding hydrogens is 242 g/mol. The van der Waals surface area contributed by atoms with Gasteiger partial charge in [0, 0.05) is 23.3 Å². The zero-order valence-electron chi connectivity index (χ0n) is 11.5. The molecular formula is C15H23NOS. The van der Waals surface area contributed by atoms with Gasteiger partial charge in [-0.15, -0.1) is 11.8 Å². The smallest absolute Gasteiger partial charge is 0.0669 e. The lowest BCUT2D eigenvalue weighted by molar-refractivity contribution is 0.127. The number of thioether (sulfide) groups is 1. The van der Waals surface area contributed by atoms with Crippen LogP contribution in [0.25, 0.3) is 0 Å². The molecule has 0 aromatic heterocycles. The molecule has 0 saturated carbocycles. The predicted octanol–water partition coefficient (Wildman–Crippen LogP) is 3.37. The fraction of sp³-hybridized carbons (Fsp3) is 0.600. The van der Waals surface area contributed by atoms with Gasteiger partial charge in [0.25, 0.3) is 0 Å². The predicted molar refractivity (Wildman–Crippen MR) is 78.2 cm³/mol. The number of aryl methyl sites for hydroxylation is 1. The molecule has 1 saturated heterocycles. The largest absolute Gasteiger partial charge is 0.377 e. The third-order valence-electron chi connectivity index (χ3n) is 3.47. The molecule has 1 N–H and O–H groups in total. The lowest BCUT2D eigenvalue weighted by Gasteiger charge is -2.15. The zero-order chi connectivity index (χ0) is 13.0. The standard InChI is InChI=1S/C15H23NOS/c1-4-16-10-13-5-6-14(9-11(13)2)18-15-7-8-17-12(15)3/h5-6,9,12,15-16H,4,7-8,10H2,1-3H3. The van der Waals surface area contributed by atoms with Crippen LogP contribution in [0, 0.1) is 6.92 Å². The van der Waals surface area contributed by atoms with Crippen molar-refractivity contribution in [3.8, 4) is 0 Å². The van der Waals surface area contributed by atoms with Crippen LogP contribution in [-0.2, 0) is 11.3 Å². The average Bonchev–Trinajstić information content (AvgIpc) is 2.74. The van der Waals surface area contributed by atoms with Gasteiger partial charge >= 0.3 is 0 Å². The Hall–Kier alpha value is -0.510. The molecule has 0 amide bonds. The first-order valence-corrected chi connectivity index (χ1v) is 7.67. The highest BCUT2D eigenvalue weighted by atomic mass is 32.2. The Labute approximate surface area is 114 Å². The van der Waals surface area contributed by atoms with E-state index in [2.05, 4.69) is 44.3 Å². The molecule has 2 nitrogen and oxygen atoms in total. The van der Waals surface area contributed by atoms with Gasteiger partial charge in [-0.3, -0.25) is 0 Å². The van der Waals surface area contributed by atoms with Crippen LogP contribution in [-0.4, -0.2) is 24.5 Å². The Morgan fingerprint density at radius 2 is 2.28 bits per heavy atom. The van der Waals surface area contributed by atoms with Crippen LogP contribution < -0.4 is 5.32 Å². The van der Waals surface area contributed by atoms with Crippen LogP contribution in [0.4, 0.5) is 0 Å². The molecule has 3 heteroatoms. The zero-order valence-corrected chi connectivity index (χ0v) is 12.3. The summed E-state index contributed by atoms with van der Waals surface area (Å²) in [6.45, 7) is 9.42. The minimum atomic E-state index is 0.386. The highest BCUT2D eigenvalue weighted by Crippen LogP contribution is 2.33. The minimum Gasteiger partial charge on any atom is -0.377 e. The van der Waals surface area contributed by atoms with Crippen LogP contribution in [0.1, 0.15) is 31.4 Å². The molecule has 18 heavy (non-hydrogen) atoms. The summed E-state index contributed by atoms with van der Waals surface area (Å²) in [5, 5.41) is 3.99. The molecule has 2 rings (SSSR count). The Bertz CT molecular complexity index is 394. The third-order valence-corrected chi connectivity index (χ3v) is 4.92. The first-order chi connectivity index (χ1) is 8.70. The van der Waals surface area contributed by atoms with E-state index in [0.29, 0.717) is 11.4 Å². The molecule has 0 radical (unpaired) electrons. The van der Waals surface area contributed by atoms with Gasteiger partial charge in [-0.2, -0.15) is 0 Å². The van der Waals surface area contributed by atoms with E-state index < -0.39 is 0 Å². The Kier molecular flexibility index (Phi) is 5.10. The van der Waals surface area contributed by atoms with Crippen molar-refractivity contribution < 1.29 is 4.74 Å². The van der Waals surface area contributed by atoms with E-state index >= 15 is 0 Å². The quantitative estimate of drug-likeness (QED) is 0.882. The summed E-state index contributed by atoms with van der Waals surface area (Å²) in [7, 11) is 0. The summed E-state index contributed by atoms with van der Waals surface area (Å²) >= 11 is 1.96. The number of ether oxygens (including phenoxy) is 1. The molecule has 0 spiro atoms. The monoisotopic (exact) mass is 265 g/mol. The van der Waals surface area contributed by atoms with E-state index in [1.165, 1.54) is 22.4 Å². The van der Waals surface area contributed by atoms with E-state index in [4.69, 9.17) is 4.74 Å². The van der Waals surface area contributed by atoms with Crippen molar-refractivity contribution in [3.05, 3.63) is 29.3 Å². The number of hydrogen-bond donors (Lipinski definition) is 1. The van der Waals surface area contributed by atoms with Crippen molar-refractivity contribution >= 4 is 11.8 Å². The van der Waals surface area contributed by atoms with E-state index in [1.807, 2.05) is 11.8 Å². The first-order valence-electron chi connectivity index (χ1n) is 6.79. The second kappa shape index (κ2) is 6.60. The maximum absolute atomic E-state index is 5.61. The Morgan fingerprint density at radius 1 is 1.44 bits per heavy atom. The number of hydrogen-bond acceptors (Lipinski definition) is 3.